The third-order valence-electron chi connectivity index (χ3n) is 4.00. The summed E-state index contributed by atoms with van der Waals surface area (Å²) in [6.45, 7) is 2.08. The average Bonchev–Trinajstić information content (AvgIpc) is 2.83. The lowest BCUT2D eigenvalue weighted by Crippen LogP contribution is -1.99. The molecule has 2 heteroatoms. The van der Waals surface area contributed by atoms with E-state index in [1.165, 1.54) is 5.56 Å². The summed E-state index contributed by atoms with van der Waals surface area (Å²) in [7, 11) is 0. The highest BCUT2D eigenvalue weighted by Crippen LogP contribution is 2.34. The number of hydrogen-bond acceptors (Lipinski definition) is 2. The van der Waals surface area contributed by atoms with Crippen molar-refractivity contribution in [3.63, 3.8) is 0 Å². The van der Waals surface area contributed by atoms with Crippen molar-refractivity contribution in [2.24, 2.45) is 4.99 Å². The molecule has 2 nitrogen and oxygen atoms in total. The molecule has 0 radical (unpaired) electrons. The van der Waals surface area contributed by atoms with Crippen LogP contribution in [0.3, 0.4) is 0 Å². The molecule has 0 N–H and O–H groups in total. The van der Waals surface area contributed by atoms with E-state index in [1.54, 1.807) is 0 Å². The molecule has 3 aromatic rings. The number of fused-ring (bicyclic) bond motifs is 1. The summed E-state index contributed by atoms with van der Waals surface area (Å²) in [5, 5.41) is 0. The van der Waals surface area contributed by atoms with Crippen LogP contribution in [-0.4, -0.2) is 5.71 Å². The maximum Gasteiger partial charge on any atom is 0.153 e. The Kier molecular flexibility index (Phi) is 3.72. The first-order chi connectivity index (χ1) is 11.8. The molecule has 0 bridgehead atoms. The molecule has 116 valence electrons. The summed E-state index contributed by atoms with van der Waals surface area (Å²) in [5.74, 6) is 1.58. The highest BCUT2D eigenvalue weighted by atomic mass is 16.5. The average molecular weight is 311 g/mol. The number of ether oxygens (including phenoxy) is 1. The van der Waals surface area contributed by atoms with E-state index in [0.29, 0.717) is 0 Å². The van der Waals surface area contributed by atoms with E-state index in [0.717, 1.165) is 34.0 Å². The van der Waals surface area contributed by atoms with Gasteiger partial charge in [0.2, 0.25) is 0 Å². The molecule has 1 aliphatic heterocycles. The third-order valence-corrected chi connectivity index (χ3v) is 4.00. The van der Waals surface area contributed by atoms with Crippen molar-refractivity contribution in [3.05, 3.63) is 102 Å². The molecule has 0 aromatic heterocycles. The van der Waals surface area contributed by atoms with Crippen LogP contribution in [0.15, 0.2) is 89.9 Å². The molecule has 0 saturated heterocycles. The number of nitrogens with zero attached hydrogens (tertiary/aromatic N) is 1. The predicted molar refractivity (Wildman–Crippen MR) is 98.9 cm³/mol. The van der Waals surface area contributed by atoms with Gasteiger partial charge in [0.25, 0.3) is 0 Å². The van der Waals surface area contributed by atoms with Crippen LogP contribution in [0.4, 0.5) is 5.69 Å². The predicted octanol–water partition coefficient (Wildman–Crippen LogP) is 5.55. The lowest BCUT2D eigenvalue weighted by Gasteiger charge is -2.10. The lowest BCUT2D eigenvalue weighted by molar-refractivity contribution is 0.518. The van der Waals surface area contributed by atoms with Gasteiger partial charge in [-0.15, -0.1) is 0 Å². The Hall–Kier alpha value is -3.13. The van der Waals surface area contributed by atoms with Gasteiger partial charge in [0.05, 0.1) is 5.71 Å². The van der Waals surface area contributed by atoms with Gasteiger partial charge in [-0.05, 0) is 19.1 Å². The SMILES string of the molecule is Cc1ccc(C2=CC(c3ccccc3)=Nc3ccccc3O2)cc1. The van der Waals surface area contributed by atoms with E-state index in [4.69, 9.17) is 9.73 Å². The van der Waals surface area contributed by atoms with Crippen LogP contribution in [0.1, 0.15) is 16.7 Å². The first-order valence-electron chi connectivity index (χ1n) is 7.99. The van der Waals surface area contributed by atoms with Crippen molar-refractivity contribution >= 4 is 17.2 Å². The van der Waals surface area contributed by atoms with Gasteiger partial charge in [0, 0.05) is 17.2 Å². The standard InChI is InChI=1S/C22H17NO/c1-16-11-13-18(14-12-16)22-15-20(17-7-3-2-4-8-17)23-19-9-5-6-10-21(19)24-22/h2-15H,1H3. The number of aliphatic imine (C=N–C) groups is 1. The van der Waals surface area contributed by atoms with Crippen molar-refractivity contribution in [2.75, 3.05) is 0 Å². The maximum atomic E-state index is 6.18. The van der Waals surface area contributed by atoms with Crippen molar-refractivity contribution < 1.29 is 4.74 Å². The van der Waals surface area contributed by atoms with Crippen molar-refractivity contribution in [1.82, 2.24) is 0 Å². The molecule has 24 heavy (non-hydrogen) atoms. The Labute approximate surface area is 141 Å². The molecular formula is C22H17NO. The quantitative estimate of drug-likeness (QED) is 0.608. The Bertz CT molecular complexity index is 922. The number of allylic oxidation sites excluding steroid dienone is 1. The van der Waals surface area contributed by atoms with Crippen LogP contribution in [0.5, 0.6) is 5.75 Å². The molecule has 3 aromatic carbocycles. The van der Waals surface area contributed by atoms with E-state index in [2.05, 4.69) is 43.3 Å². The molecule has 1 heterocycles. The van der Waals surface area contributed by atoms with E-state index in [1.807, 2.05) is 48.5 Å². The van der Waals surface area contributed by atoms with Crippen LogP contribution >= 0.6 is 0 Å². The Morgan fingerprint density at radius 3 is 2.21 bits per heavy atom. The van der Waals surface area contributed by atoms with E-state index in [9.17, 15) is 0 Å². The number of aryl methyl sites for hydroxylation is 1. The van der Waals surface area contributed by atoms with E-state index in [-0.39, 0.29) is 0 Å². The van der Waals surface area contributed by atoms with Gasteiger partial charge in [-0.3, -0.25) is 0 Å². The van der Waals surface area contributed by atoms with Gasteiger partial charge in [-0.1, -0.05) is 72.3 Å². The topological polar surface area (TPSA) is 21.6 Å². The van der Waals surface area contributed by atoms with Crippen molar-refractivity contribution in [1.29, 1.82) is 0 Å². The molecule has 0 amide bonds. The lowest BCUT2D eigenvalue weighted by atomic mass is 10.1. The normalized spacial score (nSPS) is 13.2. The molecule has 0 saturated carbocycles. The molecule has 0 unspecified atom stereocenters. The van der Waals surface area contributed by atoms with Crippen LogP contribution in [0.25, 0.3) is 5.76 Å². The van der Waals surface area contributed by atoms with Gasteiger partial charge in [-0.25, -0.2) is 4.99 Å². The van der Waals surface area contributed by atoms with Crippen LogP contribution in [0, 0.1) is 6.92 Å². The smallest absolute Gasteiger partial charge is 0.153 e. The summed E-state index contributed by atoms with van der Waals surface area (Å²) in [5.41, 5.74) is 5.08. The van der Waals surface area contributed by atoms with Crippen molar-refractivity contribution in [2.45, 2.75) is 6.92 Å². The van der Waals surface area contributed by atoms with Gasteiger partial charge < -0.3 is 4.74 Å². The molecule has 4 rings (SSSR count). The van der Waals surface area contributed by atoms with Crippen molar-refractivity contribution in [3.8, 4) is 5.75 Å². The summed E-state index contributed by atoms with van der Waals surface area (Å²) in [6, 6.07) is 26.4. The zero-order valence-corrected chi connectivity index (χ0v) is 13.4. The van der Waals surface area contributed by atoms with Crippen LogP contribution in [0.2, 0.25) is 0 Å². The first-order valence-corrected chi connectivity index (χ1v) is 7.99. The molecule has 1 aliphatic rings. The molecule has 0 aliphatic carbocycles. The minimum Gasteiger partial charge on any atom is -0.454 e. The number of para-hydroxylation sites is 2. The maximum absolute atomic E-state index is 6.18. The Morgan fingerprint density at radius 1 is 0.708 bits per heavy atom. The summed E-state index contributed by atoms with van der Waals surface area (Å²) >= 11 is 0. The minimum absolute atomic E-state index is 0.773. The highest BCUT2D eigenvalue weighted by molar-refractivity contribution is 6.13. The summed E-state index contributed by atoms with van der Waals surface area (Å²) in [6.07, 6.45) is 2.01. The summed E-state index contributed by atoms with van der Waals surface area (Å²) < 4.78 is 6.18. The third kappa shape index (κ3) is 2.86. The number of benzene rings is 3. The zero-order valence-electron chi connectivity index (χ0n) is 13.4. The molecule has 0 atom stereocenters. The number of rotatable bonds is 2. The van der Waals surface area contributed by atoms with Gasteiger partial charge >= 0.3 is 0 Å². The fraction of sp³-hybridized carbons (Fsp3) is 0.0455. The zero-order chi connectivity index (χ0) is 16.4. The van der Waals surface area contributed by atoms with Gasteiger partial charge in [-0.2, -0.15) is 0 Å². The Balaban J connectivity index is 1.87. The van der Waals surface area contributed by atoms with Gasteiger partial charge in [0.1, 0.15) is 11.4 Å². The first kappa shape index (κ1) is 14.5. The minimum atomic E-state index is 0.773. The fourth-order valence-corrected chi connectivity index (χ4v) is 2.69. The van der Waals surface area contributed by atoms with E-state index >= 15 is 0 Å². The summed E-state index contributed by atoms with van der Waals surface area (Å²) in [4.78, 5) is 4.82. The second-order valence-corrected chi connectivity index (χ2v) is 5.81. The van der Waals surface area contributed by atoms with Gasteiger partial charge in [0.15, 0.2) is 5.75 Å². The largest absolute Gasteiger partial charge is 0.454 e. The monoisotopic (exact) mass is 311 g/mol. The number of hydrogen-bond donors (Lipinski definition) is 0. The van der Waals surface area contributed by atoms with Crippen LogP contribution < -0.4 is 4.74 Å². The van der Waals surface area contributed by atoms with E-state index < -0.39 is 0 Å². The second kappa shape index (κ2) is 6.17. The molecule has 0 spiro atoms. The Morgan fingerprint density at radius 2 is 1.42 bits per heavy atom. The molecular weight excluding hydrogens is 294 g/mol. The fourth-order valence-electron chi connectivity index (χ4n) is 2.69. The highest BCUT2D eigenvalue weighted by Gasteiger charge is 2.15. The van der Waals surface area contributed by atoms with Crippen LogP contribution in [-0.2, 0) is 0 Å². The molecule has 0 fully saturated rings. The second-order valence-electron chi connectivity index (χ2n) is 5.81.